The fourth-order valence-corrected chi connectivity index (χ4v) is 5.18. The Morgan fingerprint density at radius 2 is 2.00 bits per heavy atom. The molecular formula is C25H31N9. The van der Waals surface area contributed by atoms with Crippen molar-refractivity contribution in [3.8, 4) is 11.4 Å². The Bertz CT molecular complexity index is 1490. The van der Waals surface area contributed by atoms with Crippen molar-refractivity contribution >= 4 is 34.5 Å². The van der Waals surface area contributed by atoms with Crippen molar-refractivity contribution in [1.82, 2.24) is 40.0 Å². The van der Waals surface area contributed by atoms with Crippen LogP contribution in [0.5, 0.6) is 0 Å². The number of piperazine rings is 1. The summed E-state index contributed by atoms with van der Waals surface area (Å²) in [7, 11) is 1.93. The predicted molar refractivity (Wildman–Crippen MR) is 135 cm³/mol. The van der Waals surface area contributed by atoms with Crippen LogP contribution in [0, 0.1) is 12.8 Å². The van der Waals surface area contributed by atoms with Crippen molar-refractivity contribution in [3.05, 3.63) is 34.7 Å². The highest BCUT2D eigenvalue weighted by Gasteiger charge is 2.24. The molecule has 0 amide bonds. The minimum atomic E-state index is 0.616. The Labute approximate surface area is 198 Å². The molecule has 1 saturated carbocycles. The predicted octanol–water partition coefficient (Wildman–Crippen LogP) is 1.31. The van der Waals surface area contributed by atoms with Gasteiger partial charge < -0.3 is 20.5 Å². The lowest BCUT2D eigenvalue weighted by atomic mass is 9.79. The molecule has 0 aromatic carbocycles. The molecule has 2 aliphatic rings. The van der Waals surface area contributed by atoms with Crippen LogP contribution in [0.2, 0.25) is 0 Å². The molecule has 4 aromatic rings. The maximum atomic E-state index is 5.25. The van der Waals surface area contributed by atoms with E-state index in [0.29, 0.717) is 17.4 Å². The number of imidazole rings is 2. The third-order valence-corrected chi connectivity index (χ3v) is 7.19. The molecule has 6 rings (SSSR count). The number of aromatic nitrogens is 6. The highest BCUT2D eigenvalue weighted by Crippen LogP contribution is 2.33. The molecule has 4 aromatic heterocycles. The Morgan fingerprint density at radius 3 is 2.74 bits per heavy atom. The van der Waals surface area contributed by atoms with Gasteiger partial charge in [0.05, 0.1) is 5.35 Å². The first-order chi connectivity index (χ1) is 16.6. The minimum Gasteiger partial charge on any atom is -0.392 e. The van der Waals surface area contributed by atoms with Gasteiger partial charge in [-0.25, -0.2) is 15.0 Å². The first kappa shape index (κ1) is 21.1. The highest BCUT2D eigenvalue weighted by atomic mass is 15.2. The second-order valence-electron chi connectivity index (χ2n) is 9.39. The number of pyridine rings is 1. The molecule has 2 fully saturated rings. The number of anilines is 1. The van der Waals surface area contributed by atoms with Crippen molar-refractivity contribution in [2.75, 3.05) is 38.1 Å². The largest absolute Gasteiger partial charge is 0.392 e. The molecule has 34 heavy (non-hydrogen) atoms. The van der Waals surface area contributed by atoms with Gasteiger partial charge in [-0.05, 0) is 38.7 Å². The summed E-state index contributed by atoms with van der Waals surface area (Å²) in [5.41, 5.74) is 5.01. The zero-order valence-electron chi connectivity index (χ0n) is 20.0. The van der Waals surface area contributed by atoms with Crippen LogP contribution in [0.1, 0.15) is 31.9 Å². The molecule has 1 saturated heterocycles. The van der Waals surface area contributed by atoms with E-state index in [2.05, 4.69) is 48.0 Å². The standard InChI is InChI=1S/C25H31N9/c1-15-14-34-21-18(7-8-28-23(21)32-25(34)29-15)22-30-19(13-26-3)20(16(2)17-5-4-6-17)24(31-22)33-11-9-27-10-12-33/h7-8,13-14,17,26-27H,4-6,9-12H2,1-3H3,(H,28,29,32)/b19-13+,20-16-. The third-order valence-electron chi connectivity index (χ3n) is 7.19. The molecule has 0 unspecified atom stereocenters. The number of hydrogen-bond acceptors (Lipinski definition) is 7. The minimum absolute atomic E-state index is 0.616. The Balaban J connectivity index is 1.66. The van der Waals surface area contributed by atoms with Crippen LogP contribution in [0.15, 0.2) is 18.5 Å². The molecule has 5 heterocycles. The van der Waals surface area contributed by atoms with Crippen molar-refractivity contribution in [1.29, 1.82) is 0 Å². The molecule has 3 N–H and O–H groups in total. The van der Waals surface area contributed by atoms with Gasteiger partial charge in [0, 0.05) is 68.3 Å². The maximum absolute atomic E-state index is 5.25. The summed E-state index contributed by atoms with van der Waals surface area (Å²) in [6.45, 7) is 8.08. The molecule has 1 aliphatic carbocycles. The average Bonchev–Trinajstić information content (AvgIpc) is 3.33. The van der Waals surface area contributed by atoms with Crippen LogP contribution in [-0.2, 0) is 0 Å². The Morgan fingerprint density at radius 1 is 1.18 bits per heavy atom. The topological polar surface area (TPSA) is 99.1 Å². The van der Waals surface area contributed by atoms with Crippen LogP contribution in [0.25, 0.3) is 40.1 Å². The van der Waals surface area contributed by atoms with E-state index in [9.17, 15) is 0 Å². The molecule has 0 spiro atoms. The number of nitrogens with zero attached hydrogens (tertiary/aromatic N) is 6. The van der Waals surface area contributed by atoms with E-state index in [1.165, 1.54) is 30.1 Å². The quantitative estimate of drug-likeness (QED) is 0.425. The lowest BCUT2D eigenvalue weighted by Gasteiger charge is -2.31. The summed E-state index contributed by atoms with van der Waals surface area (Å²) in [6.07, 6.45) is 9.66. The fraction of sp³-hybridized carbons (Fsp3) is 0.440. The van der Waals surface area contributed by atoms with Gasteiger partial charge in [0.2, 0.25) is 5.78 Å². The van der Waals surface area contributed by atoms with Crippen molar-refractivity contribution < 1.29 is 0 Å². The Hall–Kier alpha value is -3.46. The van der Waals surface area contributed by atoms with E-state index in [1.54, 1.807) is 6.20 Å². The Kier molecular flexibility index (Phi) is 5.21. The van der Waals surface area contributed by atoms with Gasteiger partial charge >= 0.3 is 0 Å². The van der Waals surface area contributed by atoms with Crippen LogP contribution < -0.4 is 26.1 Å². The third kappa shape index (κ3) is 3.42. The molecule has 0 atom stereocenters. The van der Waals surface area contributed by atoms with Gasteiger partial charge in [0.25, 0.3) is 0 Å². The summed E-state index contributed by atoms with van der Waals surface area (Å²) in [5.74, 6) is 3.13. The summed E-state index contributed by atoms with van der Waals surface area (Å²) < 4.78 is 2.06. The lowest BCUT2D eigenvalue weighted by molar-refractivity contribution is 0.396. The summed E-state index contributed by atoms with van der Waals surface area (Å²) in [4.78, 5) is 25.3. The normalized spacial score (nSPS) is 18.6. The molecular weight excluding hydrogens is 426 g/mol. The average molecular weight is 458 g/mol. The van der Waals surface area contributed by atoms with Gasteiger partial charge in [0.1, 0.15) is 11.3 Å². The van der Waals surface area contributed by atoms with E-state index < -0.39 is 0 Å². The van der Waals surface area contributed by atoms with E-state index in [4.69, 9.17) is 9.97 Å². The molecule has 1 aliphatic heterocycles. The van der Waals surface area contributed by atoms with Crippen LogP contribution in [0.3, 0.4) is 0 Å². The van der Waals surface area contributed by atoms with Crippen molar-refractivity contribution in [2.24, 2.45) is 5.92 Å². The molecule has 9 heteroatoms. The smallest absolute Gasteiger partial charge is 0.214 e. The summed E-state index contributed by atoms with van der Waals surface area (Å²) >= 11 is 0. The number of hydrogen-bond donors (Lipinski definition) is 3. The molecule has 0 radical (unpaired) electrons. The van der Waals surface area contributed by atoms with Crippen LogP contribution in [-0.4, -0.2) is 62.5 Å². The van der Waals surface area contributed by atoms with Gasteiger partial charge in [-0.15, -0.1) is 0 Å². The van der Waals surface area contributed by atoms with Gasteiger partial charge in [-0.1, -0.05) is 12.0 Å². The maximum Gasteiger partial charge on any atom is 0.214 e. The number of H-pyrrole nitrogens is 1. The zero-order chi connectivity index (χ0) is 23.2. The zero-order valence-corrected chi connectivity index (χ0v) is 20.0. The first-order valence-corrected chi connectivity index (χ1v) is 12.2. The van der Waals surface area contributed by atoms with Crippen molar-refractivity contribution in [3.63, 3.8) is 0 Å². The van der Waals surface area contributed by atoms with E-state index >= 15 is 0 Å². The van der Waals surface area contributed by atoms with Gasteiger partial charge in [0.15, 0.2) is 11.5 Å². The first-order valence-electron chi connectivity index (χ1n) is 12.2. The SMILES string of the molecule is CN/C=c1/nc(-c2ccnc3nc4[nH]c(C)cn4c23)nc(N2CCNCC2)/c1=C(/C)C1CCC1. The highest BCUT2D eigenvalue weighted by molar-refractivity contribution is 5.90. The van der Waals surface area contributed by atoms with E-state index in [0.717, 1.165) is 59.9 Å². The fourth-order valence-electron chi connectivity index (χ4n) is 5.18. The molecule has 9 nitrogen and oxygen atoms in total. The number of aromatic amines is 1. The van der Waals surface area contributed by atoms with E-state index in [1.807, 2.05) is 26.2 Å². The number of aryl methyl sites for hydroxylation is 1. The number of nitrogens with one attached hydrogen (secondary N) is 3. The van der Waals surface area contributed by atoms with E-state index in [-0.39, 0.29) is 0 Å². The number of fused-ring (bicyclic) bond motifs is 3. The van der Waals surface area contributed by atoms with Gasteiger partial charge in [-0.3, -0.25) is 4.40 Å². The summed E-state index contributed by atoms with van der Waals surface area (Å²) in [6, 6.07) is 2.00. The number of rotatable bonds is 4. The van der Waals surface area contributed by atoms with Crippen molar-refractivity contribution in [2.45, 2.75) is 33.1 Å². The van der Waals surface area contributed by atoms with Crippen LogP contribution >= 0.6 is 0 Å². The van der Waals surface area contributed by atoms with Gasteiger partial charge in [-0.2, -0.15) is 4.98 Å². The molecule has 176 valence electrons. The second kappa shape index (κ2) is 8.39. The second-order valence-corrected chi connectivity index (χ2v) is 9.39. The van der Waals surface area contributed by atoms with Crippen LogP contribution in [0.4, 0.5) is 5.82 Å². The molecule has 0 bridgehead atoms. The monoisotopic (exact) mass is 457 g/mol. The lowest BCUT2D eigenvalue weighted by Crippen LogP contribution is -2.49. The summed E-state index contributed by atoms with van der Waals surface area (Å²) in [5, 5.41) is 8.84.